The summed E-state index contributed by atoms with van der Waals surface area (Å²) < 4.78 is 0.500. The first-order valence-corrected chi connectivity index (χ1v) is 4.85. The minimum atomic E-state index is -0.922. The second kappa shape index (κ2) is 8.75. The van der Waals surface area contributed by atoms with Crippen LogP contribution in [-0.2, 0) is 4.79 Å². The monoisotopic (exact) mass is 259 g/mol. The molecule has 0 spiro atoms. The molecule has 1 aromatic rings. The van der Waals surface area contributed by atoms with Crippen molar-refractivity contribution in [2.75, 3.05) is 21.1 Å². The number of carboxylic acids is 1. The lowest BCUT2D eigenvalue weighted by Crippen LogP contribution is -2.41. The Bertz CT molecular complexity index is 339. The number of halogens is 1. The number of carbonyl (C=O) groups is 1. The van der Waals surface area contributed by atoms with E-state index < -0.39 is 5.97 Å². The molecule has 0 heterocycles. The van der Waals surface area contributed by atoms with Gasteiger partial charge in [-0.1, -0.05) is 30.3 Å². The highest BCUT2D eigenvalue weighted by Gasteiger charge is 1.89. The summed E-state index contributed by atoms with van der Waals surface area (Å²) in [6.07, 6.45) is 2.68. The van der Waals surface area contributed by atoms with Gasteiger partial charge in [-0.15, -0.1) is 12.4 Å². The molecular weight excluding hydrogens is 240 g/mol. The fraction of sp³-hybridized carbons (Fsp3) is 0.250. The van der Waals surface area contributed by atoms with Gasteiger partial charge in [-0.25, -0.2) is 4.79 Å². The normalized spacial score (nSPS) is 10.1. The van der Waals surface area contributed by atoms with Crippen molar-refractivity contribution in [1.29, 1.82) is 0 Å². The highest BCUT2D eigenvalue weighted by molar-refractivity contribution is 5.85. The third kappa shape index (κ3) is 17.3. The van der Waals surface area contributed by atoms with Crippen molar-refractivity contribution in [3.8, 4) is 0 Å². The highest BCUT2D eigenvalue weighted by Crippen LogP contribution is 1.99. The zero-order chi connectivity index (χ0) is 12.6. The van der Waals surface area contributed by atoms with Crippen molar-refractivity contribution >= 4 is 24.5 Å². The van der Waals surface area contributed by atoms with E-state index >= 15 is 0 Å². The zero-order valence-corrected chi connectivity index (χ0v) is 11.1. The van der Waals surface area contributed by atoms with Crippen LogP contribution in [0, 0.1) is 0 Å². The second-order valence-electron chi connectivity index (χ2n) is 4.20. The van der Waals surface area contributed by atoms with Crippen LogP contribution in [0.5, 0.6) is 0 Å². The summed E-state index contributed by atoms with van der Waals surface area (Å²) >= 11 is 0. The predicted octanol–water partition coefficient (Wildman–Crippen LogP) is 1.77. The Hall–Kier alpha value is -1.36. The molecule has 0 unspecified atom stereocenters. The maximum absolute atomic E-state index is 10.1. The Morgan fingerprint density at radius 2 is 1.65 bits per heavy atom. The maximum atomic E-state index is 10.1. The van der Waals surface area contributed by atoms with Crippen LogP contribution in [0.4, 0.5) is 0 Å². The van der Waals surface area contributed by atoms with E-state index in [0.717, 1.165) is 11.6 Å². The number of hydrogen-bond donors (Lipinski definition) is 2. The summed E-state index contributed by atoms with van der Waals surface area (Å²) in [5.41, 5.74) is 0.898. The molecule has 0 aliphatic carbocycles. The molecule has 1 aromatic carbocycles. The number of nitrogens with two attached hydrogens (primary N) is 1. The minimum Gasteiger partial charge on any atom is -0.478 e. The van der Waals surface area contributed by atoms with Gasteiger partial charge < -0.3 is 5.11 Å². The molecule has 0 saturated carbocycles. The van der Waals surface area contributed by atoms with Crippen molar-refractivity contribution in [2.24, 2.45) is 5.84 Å². The van der Waals surface area contributed by atoms with Crippen LogP contribution in [0.15, 0.2) is 36.4 Å². The van der Waals surface area contributed by atoms with Gasteiger partial charge in [0.1, 0.15) is 0 Å². The molecule has 4 nitrogen and oxygen atoms in total. The van der Waals surface area contributed by atoms with Gasteiger partial charge in [-0.2, -0.15) is 5.84 Å². The molecule has 0 amide bonds. The lowest BCUT2D eigenvalue weighted by molar-refractivity contribution is -0.882. The van der Waals surface area contributed by atoms with Crippen LogP contribution in [0.25, 0.3) is 6.08 Å². The molecule has 96 valence electrons. The maximum Gasteiger partial charge on any atom is 0.328 e. The van der Waals surface area contributed by atoms with E-state index in [0.29, 0.717) is 4.59 Å². The van der Waals surface area contributed by atoms with E-state index in [-0.39, 0.29) is 12.4 Å². The largest absolute Gasteiger partial charge is 0.478 e. The van der Waals surface area contributed by atoms with Gasteiger partial charge in [0.25, 0.3) is 0 Å². The third-order valence-corrected chi connectivity index (χ3v) is 1.22. The van der Waals surface area contributed by atoms with Crippen LogP contribution in [0.3, 0.4) is 0 Å². The molecule has 0 aromatic heterocycles. The van der Waals surface area contributed by atoms with Crippen LogP contribution in [0.1, 0.15) is 5.56 Å². The quantitative estimate of drug-likeness (QED) is 0.368. The first-order chi connectivity index (χ1) is 7.29. The Labute approximate surface area is 108 Å². The van der Waals surface area contributed by atoms with Crippen molar-refractivity contribution in [2.45, 2.75) is 0 Å². The fourth-order valence-corrected chi connectivity index (χ4v) is 0.732. The first kappa shape index (κ1) is 18.0. The third-order valence-electron chi connectivity index (χ3n) is 1.22. The lowest BCUT2D eigenvalue weighted by atomic mass is 10.2. The van der Waals surface area contributed by atoms with Crippen molar-refractivity contribution in [3.05, 3.63) is 42.0 Å². The van der Waals surface area contributed by atoms with Crippen molar-refractivity contribution in [1.82, 2.24) is 0 Å². The van der Waals surface area contributed by atoms with E-state index in [1.165, 1.54) is 0 Å². The number of carboxylic acid groups (broad SMARTS) is 1. The Morgan fingerprint density at radius 3 is 2.00 bits per heavy atom. The van der Waals surface area contributed by atoms with Gasteiger partial charge in [0, 0.05) is 6.08 Å². The summed E-state index contributed by atoms with van der Waals surface area (Å²) in [6, 6.07) is 9.31. The molecule has 5 heteroatoms. The second-order valence-corrected chi connectivity index (χ2v) is 4.20. The summed E-state index contributed by atoms with van der Waals surface area (Å²) in [4.78, 5) is 10.1. The highest BCUT2D eigenvalue weighted by atomic mass is 35.5. The molecule has 0 saturated heterocycles. The van der Waals surface area contributed by atoms with Gasteiger partial charge in [-0.3, -0.25) is 4.59 Å². The fourth-order valence-electron chi connectivity index (χ4n) is 0.732. The molecule has 3 N–H and O–H groups in total. The van der Waals surface area contributed by atoms with Gasteiger partial charge >= 0.3 is 5.97 Å². The molecule has 17 heavy (non-hydrogen) atoms. The van der Waals surface area contributed by atoms with Crippen LogP contribution in [0.2, 0.25) is 0 Å². The smallest absolute Gasteiger partial charge is 0.328 e. The lowest BCUT2D eigenvalue weighted by Gasteiger charge is -2.12. The van der Waals surface area contributed by atoms with Gasteiger partial charge in [0.2, 0.25) is 0 Å². The number of hydrogen-bond acceptors (Lipinski definition) is 2. The number of quaternary nitrogens is 1. The van der Waals surface area contributed by atoms with E-state index in [1.54, 1.807) is 6.08 Å². The van der Waals surface area contributed by atoms with Crippen LogP contribution in [-0.4, -0.2) is 36.8 Å². The number of benzene rings is 1. The van der Waals surface area contributed by atoms with Crippen LogP contribution < -0.4 is 5.84 Å². The Kier molecular flexibility index (Phi) is 9.28. The molecule has 0 aliphatic heterocycles. The summed E-state index contributed by atoms with van der Waals surface area (Å²) in [5.74, 6) is 4.37. The average molecular weight is 260 g/mol. The molecule has 0 radical (unpaired) electrons. The number of aliphatic carboxylic acids is 1. The standard InChI is InChI=1S/C9H8O2.C3H11N2.ClH/c10-9(11)7-6-8-4-2-1-3-5-8;1-5(2,3)4;/h1-7H,(H,10,11);4H2,1-3H3;1H/q;+1;. The molecular formula is C12H20ClN2O2+. The molecule has 1 rings (SSSR count). The zero-order valence-electron chi connectivity index (χ0n) is 10.3. The molecule has 0 aliphatic rings. The minimum absolute atomic E-state index is 0. The van der Waals surface area contributed by atoms with Gasteiger partial charge in [0.15, 0.2) is 0 Å². The first-order valence-electron chi connectivity index (χ1n) is 4.85. The summed E-state index contributed by atoms with van der Waals surface area (Å²) in [7, 11) is 5.71. The van der Waals surface area contributed by atoms with Gasteiger partial charge in [-0.05, 0) is 11.6 Å². The average Bonchev–Trinajstić information content (AvgIpc) is 2.14. The Balaban J connectivity index is 0. The van der Waals surface area contributed by atoms with Crippen LogP contribution >= 0.6 is 12.4 Å². The van der Waals surface area contributed by atoms with E-state index in [1.807, 2.05) is 51.5 Å². The Morgan fingerprint density at radius 1 is 1.24 bits per heavy atom. The summed E-state index contributed by atoms with van der Waals surface area (Å²) in [6.45, 7) is 0. The van der Waals surface area contributed by atoms with Crippen molar-refractivity contribution < 1.29 is 14.5 Å². The predicted molar refractivity (Wildman–Crippen MR) is 72.6 cm³/mol. The van der Waals surface area contributed by atoms with E-state index in [2.05, 4.69) is 0 Å². The number of nitrogens with zero attached hydrogens (tertiary/aromatic N) is 1. The van der Waals surface area contributed by atoms with E-state index in [4.69, 9.17) is 10.9 Å². The SMILES string of the molecule is C[N+](C)(C)N.Cl.O=C(O)C=Cc1ccccc1. The van der Waals surface area contributed by atoms with Gasteiger partial charge in [0.05, 0.1) is 21.1 Å². The van der Waals surface area contributed by atoms with E-state index in [9.17, 15) is 4.79 Å². The molecule has 0 bridgehead atoms. The molecule has 0 atom stereocenters. The summed E-state index contributed by atoms with van der Waals surface area (Å²) in [5, 5.41) is 8.29. The molecule has 0 fully saturated rings. The number of rotatable bonds is 2. The van der Waals surface area contributed by atoms with Crippen molar-refractivity contribution in [3.63, 3.8) is 0 Å². The topological polar surface area (TPSA) is 63.3 Å².